The van der Waals surface area contributed by atoms with Gasteiger partial charge in [0.05, 0.1) is 5.69 Å². The summed E-state index contributed by atoms with van der Waals surface area (Å²) in [5.41, 5.74) is 2.37. The zero-order valence-corrected chi connectivity index (χ0v) is 18.2. The highest BCUT2D eigenvalue weighted by Gasteiger charge is 2.23. The van der Waals surface area contributed by atoms with Crippen molar-refractivity contribution in [2.24, 2.45) is 0 Å². The predicted molar refractivity (Wildman–Crippen MR) is 122 cm³/mol. The van der Waals surface area contributed by atoms with Gasteiger partial charge in [-0.25, -0.2) is 0 Å². The average molecular weight is 446 g/mol. The van der Waals surface area contributed by atoms with E-state index < -0.39 is 0 Å². The maximum atomic E-state index is 11.8. The highest BCUT2D eigenvalue weighted by molar-refractivity contribution is 5.92. The van der Waals surface area contributed by atoms with E-state index in [4.69, 9.17) is 18.6 Å². The Kier molecular flexibility index (Phi) is 5.43. The van der Waals surface area contributed by atoms with Gasteiger partial charge in [-0.2, -0.15) is 4.98 Å². The van der Waals surface area contributed by atoms with Crippen molar-refractivity contribution >= 4 is 28.7 Å². The number of ether oxygens (including phenoxy) is 3. The van der Waals surface area contributed by atoms with Crippen molar-refractivity contribution in [3.8, 4) is 23.0 Å². The Balaban J connectivity index is 1.44. The van der Waals surface area contributed by atoms with Gasteiger partial charge in [0.2, 0.25) is 0 Å². The van der Waals surface area contributed by atoms with E-state index in [2.05, 4.69) is 15.3 Å². The third kappa shape index (κ3) is 4.00. The molecule has 0 radical (unpaired) electrons. The quantitative estimate of drug-likeness (QED) is 0.468. The Labute approximate surface area is 189 Å². The minimum absolute atomic E-state index is 0.272. The monoisotopic (exact) mass is 446 g/mol. The zero-order chi connectivity index (χ0) is 22.8. The smallest absolute Gasteiger partial charge is 0.303 e. The maximum Gasteiger partial charge on any atom is 0.303 e. The van der Waals surface area contributed by atoms with Crippen LogP contribution in [0.25, 0.3) is 11.1 Å². The molecule has 0 saturated carbocycles. The Morgan fingerprint density at radius 1 is 1.12 bits per heavy atom. The number of carbonyl (C=O) groups excluding carboxylic acids is 1. The van der Waals surface area contributed by atoms with E-state index in [0.717, 1.165) is 5.69 Å². The van der Waals surface area contributed by atoms with E-state index in [9.17, 15) is 4.79 Å². The number of nitrogens with zero attached hydrogens (tertiary/aromatic N) is 3. The first-order chi connectivity index (χ1) is 16.2. The lowest BCUT2D eigenvalue weighted by molar-refractivity contribution is 0.0958. The lowest BCUT2D eigenvalue weighted by Gasteiger charge is -2.26. The van der Waals surface area contributed by atoms with Gasteiger partial charge in [0, 0.05) is 31.9 Å². The van der Waals surface area contributed by atoms with Crippen LogP contribution >= 0.6 is 0 Å². The predicted octanol–water partition coefficient (Wildman–Crippen LogP) is 4.30. The fraction of sp³-hybridized carbons (Fsp3) is 0.208. The molecule has 5 rings (SSSR count). The summed E-state index contributed by atoms with van der Waals surface area (Å²) in [6.07, 6.45) is 1.52. The normalized spacial score (nSPS) is 12.4. The molecule has 1 aliphatic heterocycles. The molecule has 4 aromatic rings. The van der Waals surface area contributed by atoms with Gasteiger partial charge in [0.1, 0.15) is 35.9 Å². The molecule has 0 unspecified atom stereocenters. The van der Waals surface area contributed by atoms with Crippen molar-refractivity contribution in [1.29, 1.82) is 0 Å². The van der Waals surface area contributed by atoms with Gasteiger partial charge in [-0.3, -0.25) is 14.7 Å². The van der Waals surface area contributed by atoms with Crippen LogP contribution in [0.15, 0.2) is 59.1 Å². The molecule has 0 aliphatic carbocycles. The van der Waals surface area contributed by atoms with Gasteiger partial charge < -0.3 is 23.9 Å². The van der Waals surface area contributed by atoms with Crippen LogP contribution in [0.3, 0.4) is 0 Å². The second kappa shape index (κ2) is 8.70. The van der Waals surface area contributed by atoms with E-state index in [0.29, 0.717) is 59.9 Å². The minimum Gasteiger partial charge on any atom is -0.486 e. The van der Waals surface area contributed by atoms with Gasteiger partial charge in [0.15, 0.2) is 17.1 Å². The Bertz CT molecular complexity index is 1320. The number of anilines is 2. The van der Waals surface area contributed by atoms with Gasteiger partial charge in [0.25, 0.3) is 5.91 Å². The minimum atomic E-state index is -0.284. The fourth-order valence-electron chi connectivity index (χ4n) is 3.61. The number of para-hydroxylation sites is 1. The molecule has 168 valence electrons. The summed E-state index contributed by atoms with van der Waals surface area (Å²) in [4.78, 5) is 22.5. The van der Waals surface area contributed by atoms with Crippen molar-refractivity contribution in [1.82, 2.24) is 15.3 Å². The lowest BCUT2D eigenvalue weighted by atomic mass is 10.2. The number of rotatable bonds is 6. The molecular formula is C24H22N4O5. The fourth-order valence-corrected chi connectivity index (χ4v) is 3.61. The molecular weight excluding hydrogens is 424 g/mol. The molecule has 1 amide bonds. The number of hydrogen-bond donors (Lipinski definition) is 1. The van der Waals surface area contributed by atoms with Crippen LogP contribution in [-0.4, -0.2) is 42.7 Å². The summed E-state index contributed by atoms with van der Waals surface area (Å²) in [6, 6.07) is 14.8. The zero-order valence-electron chi connectivity index (χ0n) is 18.2. The van der Waals surface area contributed by atoms with E-state index in [-0.39, 0.29) is 11.6 Å². The van der Waals surface area contributed by atoms with Crippen LogP contribution in [-0.2, 0) is 0 Å². The number of amides is 1. The molecule has 0 spiro atoms. The number of carbonyl (C=O) groups is 1. The van der Waals surface area contributed by atoms with Crippen molar-refractivity contribution in [2.75, 3.05) is 31.7 Å². The third-order valence-corrected chi connectivity index (χ3v) is 5.16. The van der Waals surface area contributed by atoms with Crippen molar-refractivity contribution in [3.63, 3.8) is 0 Å². The van der Waals surface area contributed by atoms with Crippen LogP contribution in [0, 0.1) is 0 Å². The Morgan fingerprint density at radius 2 is 1.97 bits per heavy atom. The average Bonchev–Trinajstić information content (AvgIpc) is 3.27. The van der Waals surface area contributed by atoms with Gasteiger partial charge >= 0.3 is 6.01 Å². The molecule has 2 aromatic carbocycles. The van der Waals surface area contributed by atoms with Crippen LogP contribution in [0.5, 0.6) is 23.0 Å². The van der Waals surface area contributed by atoms with Gasteiger partial charge in [-0.1, -0.05) is 6.07 Å². The maximum absolute atomic E-state index is 11.8. The molecule has 0 bridgehead atoms. The van der Waals surface area contributed by atoms with E-state index in [1.807, 2.05) is 36.1 Å². The number of benzene rings is 2. The summed E-state index contributed by atoms with van der Waals surface area (Å²) >= 11 is 0. The van der Waals surface area contributed by atoms with Gasteiger partial charge in [-0.05, 0) is 37.3 Å². The second-order valence-electron chi connectivity index (χ2n) is 7.23. The summed E-state index contributed by atoms with van der Waals surface area (Å²) in [5, 5.41) is 2.55. The topological polar surface area (TPSA) is 99.0 Å². The first-order valence-electron chi connectivity index (χ1n) is 10.6. The van der Waals surface area contributed by atoms with E-state index >= 15 is 0 Å². The van der Waals surface area contributed by atoms with Crippen molar-refractivity contribution in [3.05, 3.63) is 60.4 Å². The summed E-state index contributed by atoms with van der Waals surface area (Å²) < 4.78 is 23.6. The largest absolute Gasteiger partial charge is 0.486 e. The molecule has 0 saturated heterocycles. The SMILES string of the molecule is CCN(c1nc2ccc(Oc3ccnc(C(=O)NC)c3)cc2o1)c1cccc2c1OCCO2. The first-order valence-corrected chi connectivity index (χ1v) is 10.6. The molecule has 9 nitrogen and oxygen atoms in total. The molecule has 9 heteroatoms. The van der Waals surface area contributed by atoms with Crippen molar-refractivity contribution < 1.29 is 23.4 Å². The van der Waals surface area contributed by atoms with Gasteiger partial charge in [-0.15, -0.1) is 0 Å². The second-order valence-corrected chi connectivity index (χ2v) is 7.23. The molecule has 33 heavy (non-hydrogen) atoms. The summed E-state index contributed by atoms with van der Waals surface area (Å²) in [6.45, 7) is 3.65. The molecule has 1 N–H and O–H groups in total. The van der Waals surface area contributed by atoms with Crippen LogP contribution in [0.1, 0.15) is 17.4 Å². The molecule has 2 aromatic heterocycles. The van der Waals surface area contributed by atoms with E-state index in [1.54, 1.807) is 31.3 Å². The molecule has 0 fully saturated rings. The number of aromatic nitrogens is 2. The van der Waals surface area contributed by atoms with Crippen LogP contribution < -0.4 is 24.4 Å². The molecule has 3 heterocycles. The lowest BCUT2D eigenvalue weighted by Crippen LogP contribution is -2.21. The Morgan fingerprint density at radius 3 is 2.82 bits per heavy atom. The van der Waals surface area contributed by atoms with E-state index in [1.165, 1.54) is 6.20 Å². The first kappa shape index (κ1) is 20.6. The van der Waals surface area contributed by atoms with Crippen LogP contribution in [0.2, 0.25) is 0 Å². The Hall–Kier alpha value is -4.27. The van der Waals surface area contributed by atoms with Crippen LogP contribution in [0.4, 0.5) is 11.7 Å². The molecule has 0 atom stereocenters. The number of nitrogens with one attached hydrogen (secondary N) is 1. The highest BCUT2D eigenvalue weighted by atomic mass is 16.6. The number of pyridine rings is 1. The summed E-state index contributed by atoms with van der Waals surface area (Å²) in [7, 11) is 1.55. The number of hydrogen-bond acceptors (Lipinski definition) is 8. The highest BCUT2D eigenvalue weighted by Crippen LogP contribution is 2.42. The third-order valence-electron chi connectivity index (χ3n) is 5.16. The molecule has 1 aliphatic rings. The number of fused-ring (bicyclic) bond motifs is 2. The summed E-state index contributed by atoms with van der Waals surface area (Å²) in [5.74, 6) is 2.15. The standard InChI is InChI=1S/C24H22N4O5/c1-3-28(19-5-4-6-20-22(19)31-12-11-30-20)24-27-17-8-7-15(14-21(17)33-24)32-16-9-10-26-18(13-16)23(29)25-2/h4-10,13-14H,3,11-12H2,1-2H3,(H,25,29). The number of oxazole rings is 1. The van der Waals surface area contributed by atoms with Crippen molar-refractivity contribution in [2.45, 2.75) is 6.92 Å².